The van der Waals surface area contributed by atoms with E-state index >= 15 is 0 Å². The van der Waals surface area contributed by atoms with Crippen molar-refractivity contribution in [3.05, 3.63) is 39.0 Å². The number of hydrogen-bond acceptors (Lipinski definition) is 10. The number of anilines is 1. The molecule has 3 aromatic rings. The molecule has 0 atom stereocenters. The van der Waals surface area contributed by atoms with Gasteiger partial charge in [0, 0.05) is 6.54 Å². The summed E-state index contributed by atoms with van der Waals surface area (Å²) >= 11 is 3.03. The molecule has 27 heavy (non-hydrogen) atoms. The highest BCUT2D eigenvalue weighted by Crippen LogP contribution is 2.25. The van der Waals surface area contributed by atoms with Crippen LogP contribution < -0.4 is 11.1 Å². The fourth-order valence-electron chi connectivity index (χ4n) is 2.07. The highest BCUT2D eigenvalue weighted by atomic mass is 79.9. The van der Waals surface area contributed by atoms with Crippen molar-refractivity contribution in [2.24, 2.45) is 0 Å². The molecule has 144 valence electrons. The topological polar surface area (TPSA) is 142 Å². The number of benzene rings is 1. The summed E-state index contributed by atoms with van der Waals surface area (Å²) in [6.45, 7) is -0.127. The van der Waals surface area contributed by atoms with Gasteiger partial charge in [-0.3, -0.25) is 8.71 Å². The SMILES string of the molecule is CS(=O)(=O)OCCNc1nonc1-c1noc(=O)n1-c1ccc(Br)c(F)c1. The standard InChI is InChI=1S/C13H11BrFN5O6S/c1-27(22,23)24-5-4-16-11-10(17-26-18-11)12-19-25-13(21)20(12)7-2-3-8(14)9(15)6-7/h2-3,6H,4-5H2,1H3,(H,16,18). The van der Waals surface area contributed by atoms with E-state index in [0.717, 1.165) is 16.9 Å². The van der Waals surface area contributed by atoms with E-state index in [4.69, 9.17) is 0 Å². The summed E-state index contributed by atoms with van der Waals surface area (Å²) in [5.74, 6) is -1.50. The smallest absolute Gasteiger partial charge is 0.363 e. The second-order valence-corrected chi connectivity index (χ2v) is 7.62. The van der Waals surface area contributed by atoms with Crippen molar-refractivity contribution in [2.75, 3.05) is 24.7 Å². The van der Waals surface area contributed by atoms with Gasteiger partial charge in [-0.05, 0) is 44.4 Å². The summed E-state index contributed by atoms with van der Waals surface area (Å²) in [5, 5.41) is 13.6. The number of nitrogens with one attached hydrogen (secondary N) is 1. The zero-order valence-electron chi connectivity index (χ0n) is 13.5. The fourth-order valence-corrected chi connectivity index (χ4v) is 2.70. The van der Waals surface area contributed by atoms with Crippen LogP contribution in [-0.2, 0) is 14.3 Å². The van der Waals surface area contributed by atoms with E-state index in [0.29, 0.717) is 0 Å². The summed E-state index contributed by atoms with van der Waals surface area (Å²) < 4.78 is 50.8. The van der Waals surface area contributed by atoms with Crippen LogP contribution in [0.25, 0.3) is 17.2 Å². The molecular weight excluding hydrogens is 453 g/mol. The lowest BCUT2D eigenvalue weighted by molar-refractivity contribution is 0.308. The zero-order chi connectivity index (χ0) is 19.6. The van der Waals surface area contributed by atoms with Gasteiger partial charge in [0.05, 0.1) is 23.0 Å². The predicted molar refractivity (Wildman–Crippen MR) is 92.3 cm³/mol. The van der Waals surface area contributed by atoms with Crippen molar-refractivity contribution < 1.29 is 26.1 Å². The number of hydrogen-bond donors (Lipinski definition) is 1. The van der Waals surface area contributed by atoms with Crippen LogP contribution in [0.15, 0.2) is 36.6 Å². The quantitative estimate of drug-likeness (QED) is 0.400. The molecule has 0 aliphatic rings. The third-order valence-corrected chi connectivity index (χ3v) is 4.40. The van der Waals surface area contributed by atoms with E-state index in [1.165, 1.54) is 12.1 Å². The van der Waals surface area contributed by atoms with Crippen LogP contribution in [0.5, 0.6) is 0 Å². The molecule has 0 fully saturated rings. The summed E-state index contributed by atoms with van der Waals surface area (Å²) in [7, 11) is -3.59. The first-order valence-electron chi connectivity index (χ1n) is 7.21. The molecule has 2 aromatic heterocycles. The first-order chi connectivity index (χ1) is 12.8. The molecule has 0 unspecified atom stereocenters. The molecule has 2 heterocycles. The Morgan fingerprint density at radius 1 is 1.33 bits per heavy atom. The maximum absolute atomic E-state index is 13.8. The minimum Gasteiger partial charge on any atom is -0.363 e. The third kappa shape index (κ3) is 4.40. The number of halogens is 2. The maximum Gasteiger partial charge on any atom is 0.446 e. The molecule has 0 bridgehead atoms. The molecule has 3 rings (SSSR count). The summed E-state index contributed by atoms with van der Waals surface area (Å²) in [5.41, 5.74) is 0.148. The van der Waals surface area contributed by atoms with Crippen LogP contribution in [0.2, 0.25) is 0 Å². The summed E-state index contributed by atoms with van der Waals surface area (Å²) in [6.07, 6.45) is 0.918. The van der Waals surface area contributed by atoms with Crippen molar-refractivity contribution in [3.63, 3.8) is 0 Å². The normalized spacial score (nSPS) is 11.7. The lowest BCUT2D eigenvalue weighted by atomic mass is 10.3. The Labute approximate surface area is 159 Å². The van der Waals surface area contributed by atoms with E-state index in [1.807, 2.05) is 0 Å². The molecule has 0 aliphatic carbocycles. The molecular formula is C13H11BrFN5O6S. The van der Waals surface area contributed by atoms with E-state index in [1.54, 1.807) is 0 Å². The number of nitrogens with zero attached hydrogens (tertiary/aromatic N) is 4. The Morgan fingerprint density at radius 3 is 2.81 bits per heavy atom. The highest BCUT2D eigenvalue weighted by molar-refractivity contribution is 9.10. The van der Waals surface area contributed by atoms with E-state index in [-0.39, 0.29) is 40.6 Å². The van der Waals surface area contributed by atoms with Gasteiger partial charge in [0.1, 0.15) is 5.82 Å². The average Bonchev–Trinajstić information content (AvgIpc) is 3.19. The Morgan fingerprint density at radius 2 is 2.11 bits per heavy atom. The summed E-state index contributed by atoms with van der Waals surface area (Å²) in [4.78, 5) is 12.0. The Kier molecular flexibility index (Phi) is 5.38. The monoisotopic (exact) mass is 463 g/mol. The molecule has 11 nitrogen and oxygen atoms in total. The van der Waals surface area contributed by atoms with Crippen LogP contribution in [-0.4, -0.2) is 47.9 Å². The Balaban J connectivity index is 1.89. The minimum atomic E-state index is -3.59. The molecule has 1 aromatic carbocycles. The van der Waals surface area contributed by atoms with Crippen LogP contribution in [0.4, 0.5) is 10.2 Å². The molecule has 0 spiro atoms. The second kappa shape index (κ2) is 7.58. The van der Waals surface area contributed by atoms with Gasteiger partial charge in [-0.2, -0.15) is 8.42 Å². The van der Waals surface area contributed by atoms with Gasteiger partial charge in [0.2, 0.25) is 11.6 Å². The summed E-state index contributed by atoms with van der Waals surface area (Å²) in [6, 6.07) is 3.99. The molecule has 1 N–H and O–H groups in total. The minimum absolute atomic E-state index is 0.00327. The van der Waals surface area contributed by atoms with Gasteiger partial charge in [-0.1, -0.05) is 5.16 Å². The van der Waals surface area contributed by atoms with Gasteiger partial charge in [0.15, 0.2) is 5.69 Å². The average molecular weight is 464 g/mol. The van der Waals surface area contributed by atoms with Crippen LogP contribution in [0.1, 0.15) is 0 Å². The van der Waals surface area contributed by atoms with Crippen molar-refractivity contribution in [1.82, 2.24) is 20.0 Å². The predicted octanol–water partition coefficient (Wildman–Crippen LogP) is 1.17. The lowest BCUT2D eigenvalue weighted by Gasteiger charge is -2.05. The lowest BCUT2D eigenvalue weighted by Crippen LogP contribution is -2.15. The highest BCUT2D eigenvalue weighted by Gasteiger charge is 2.23. The van der Waals surface area contributed by atoms with Crippen LogP contribution >= 0.6 is 15.9 Å². The van der Waals surface area contributed by atoms with Gasteiger partial charge >= 0.3 is 5.76 Å². The van der Waals surface area contributed by atoms with Crippen LogP contribution in [0.3, 0.4) is 0 Å². The van der Waals surface area contributed by atoms with Crippen LogP contribution in [0, 0.1) is 5.82 Å². The van der Waals surface area contributed by atoms with Crippen molar-refractivity contribution >= 4 is 31.9 Å². The van der Waals surface area contributed by atoms with Crippen molar-refractivity contribution in [2.45, 2.75) is 0 Å². The van der Waals surface area contributed by atoms with Crippen molar-refractivity contribution in [1.29, 1.82) is 0 Å². The maximum atomic E-state index is 13.8. The second-order valence-electron chi connectivity index (χ2n) is 5.12. The Hall–Kier alpha value is -2.58. The molecule has 0 amide bonds. The third-order valence-electron chi connectivity index (χ3n) is 3.16. The van der Waals surface area contributed by atoms with E-state index < -0.39 is 21.7 Å². The zero-order valence-corrected chi connectivity index (χ0v) is 16.0. The molecule has 0 aliphatic heterocycles. The first-order valence-corrected chi connectivity index (χ1v) is 9.82. The molecule has 0 saturated carbocycles. The molecule has 0 saturated heterocycles. The van der Waals surface area contributed by atoms with E-state index in [9.17, 15) is 17.6 Å². The van der Waals surface area contributed by atoms with Crippen molar-refractivity contribution in [3.8, 4) is 17.2 Å². The largest absolute Gasteiger partial charge is 0.446 e. The van der Waals surface area contributed by atoms with E-state index in [2.05, 4.69) is 50.1 Å². The Bertz CT molecular complexity index is 1120. The fraction of sp³-hybridized carbons (Fsp3) is 0.231. The van der Waals surface area contributed by atoms with Gasteiger partial charge in [-0.15, -0.1) is 0 Å². The number of rotatable bonds is 7. The number of aromatic nitrogens is 4. The van der Waals surface area contributed by atoms with Gasteiger partial charge in [0.25, 0.3) is 10.1 Å². The first kappa shape index (κ1) is 19.2. The van der Waals surface area contributed by atoms with Gasteiger partial charge < -0.3 is 5.32 Å². The molecule has 14 heteroatoms. The van der Waals surface area contributed by atoms with Gasteiger partial charge in [-0.25, -0.2) is 18.4 Å². The molecule has 0 radical (unpaired) electrons.